The van der Waals surface area contributed by atoms with Crippen molar-refractivity contribution in [1.82, 2.24) is 13.9 Å². The zero-order valence-corrected chi connectivity index (χ0v) is 20.6. The Balaban J connectivity index is 1.58. The zero-order valence-electron chi connectivity index (χ0n) is 19.7. The van der Waals surface area contributed by atoms with E-state index >= 15 is 0 Å². The van der Waals surface area contributed by atoms with Gasteiger partial charge in [-0.05, 0) is 63.4 Å². The minimum absolute atomic E-state index is 0.0483. The van der Waals surface area contributed by atoms with Gasteiger partial charge in [-0.1, -0.05) is 24.6 Å². The van der Waals surface area contributed by atoms with Crippen LogP contribution in [0, 0.1) is 0 Å². The third-order valence-electron chi connectivity index (χ3n) is 6.20. The number of nitrogens with one attached hydrogen (secondary N) is 1. The lowest BCUT2D eigenvalue weighted by atomic mass is 10.1. The van der Waals surface area contributed by atoms with E-state index in [-0.39, 0.29) is 16.5 Å². The third kappa shape index (κ3) is 5.16. The summed E-state index contributed by atoms with van der Waals surface area (Å²) in [6.45, 7) is 6.31. The smallest absolute Gasteiger partial charge is 0.258 e. The second-order valence-corrected chi connectivity index (χ2v) is 10.5. The molecule has 8 nitrogen and oxygen atoms in total. The molecule has 1 N–H and O–H groups in total. The van der Waals surface area contributed by atoms with Gasteiger partial charge in [-0.25, -0.2) is 13.4 Å². The summed E-state index contributed by atoms with van der Waals surface area (Å²) in [6, 6.07) is 13.9. The third-order valence-corrected chi connectivity index (χ3v) is 8.21. The number of hydrogen-bond acceptors (Lipinski definition) is 5. The highest BCUT2D eigenvalue weighted by Crippen LogP contribution is 2.26. The Bertz CT molecular complexity index is 1250. The van der Waals surface area contributed by atoms with Crippen LogP contribution in [0.2, 0.25) is 0 Å². The summed E-state index contributed by atoms with van der Waals surface area (Å²) in [5.74, 6) is 0.0331. The van der Waals surface area contributed by atoms with E-state index in [1.165, 1.54) is 6.07 Å². The molecule has 0 bridgehead atoms. The maximum absolute atomic E-state index is 13.2. The molecule has 4 rings (SSSR count). The molecule has 2 heterocycles. The highest BCUT2D eigenvalue weighted by molar-refractivity contribution is 7.89. The minimum atomic E-state index is -3.67. The lowest BCUT2D eigenvalue weighted by Crippen LogP contribution is -2.41. The first-order valence-electron chi connectivity index (χ1n) is 11.9. The van der Waals surface area contributed by atoms with E-state index in [1.807, 2.05) is 42.7 Å². The normalized spacial score (nSPS) is 17.2. The van der Waals surface area contributed by atoms with Crippen molar-refractivity contribution in [1.29, 1.82) is 0 Å². The Morgan fingerprint density at radius 3 is 2.79 bits per heavy atom. The molecule has 0 saturated carbocycles. The quantitative estimate of drug-likeness (QED) is 0.458. The summed E-state index contributed by atoms with van der Waals surface area (Å²) in [5, 5.41) is 2.89. The van der Waals surface area contributed by atoms with Crippen molar-refractivity contribution in [3.63, 3.8) is 0 Å². The second-order valence-electron chi connectivity index (χ2n) is 8.57. The number of piperidine rings is 1. The standard InChI is InChI=1S/C25H32N4O4S/c1-3-33-17-9-15-28-23-14-5-4-13-22(23)26-25(28)27-24(30)20-11-8-12-21(18-20)34(31,32)29-16-7-6-10-19(29)2/h4-5,8,11-14,18-19H,3,6-7,9-10,15-17H2,1-2H3,(H,26,27,30). The van der Waals surface area contributed by atoms with E-state index in [0.717, 1.165) is 36.7 Å². The number of rotatable bonds is 9. The maximum Gasteiger partial charge on any atom is 0.258 e. The van der Waals surface area contributed by atoms with Crippen molar-refractivity contribution in [2.75, 3.05) is 25.1 Å². The summed E-state index contributed by atoms with van der Waals surface area (Å²) >= 11 is 0. The maximum atomic E-state index is 13.2. The number of sulfonamides is 1. The molecule has 1 aliphatic rings. The van der Waals surface area contributed by atoms with Crippen molar-refractivity contribution in [2.24, 2.45) is 0 Å². The van der Waals surface area contributed by atoms with E-state index < -0.39 is 15.9 Å². The molecule has 0 spiro atoms. The molecule has 1 aromatic heterocycles. The average Bonchev–Trinajstić information content (AvgIpc) is 3.19. The Labute approximate surface area is 201 Å². The highest BCUT2D eigenvalue weighted by Gasteiger charge is 2.31. The predicted molar refractivity (Wildman–Crippen MR) is 132 cm³/mol. The van der Waals surface area contributed by atoms with E-state index in [9.17, 15) is 13.2 Å². The van der Waals surface area contributed by atoms with Crippen LogP contribution in [-0.2, 0) is 21.3 Å². The molecule has 1 fully saturated rings. The van der Waals surface area contributed by atoms with Gasteiger partial charge in [0.2, 0.25) is 16.0 Å². The summed E-state index contributed by atoms with van der Waals surface area (Å²) in [5.41, 5.74) is 1.98. The van der Waals surface area contributed by atoms with Crippen LogP contribution in [-0.4, -0.2) is 54.0 Å². The number of aromatic nitrogens is 2. The van der Waals surface area contributed by atoms with Crippen LogP contribution in [0.4, 0.5) is 5.95 Å². The van der Waals surface area contributed by atoms with Gasteiger partial charge >= 0.3 is 0 Å². The van der Waals surface area contributed by atoms with Crippen molar-refractivity contribution in [3.05, 3.63) is 54.1 Å². The lowest BCUT2D eigenvalue weighted by Gasteiger charge is -2.32. The van der Waals surface area contributed by atoms with Crippen LogP contribution in [0.1, 0.15) is 49.9 Å². The fraction of sp³-hybridized carbons (Fsp3) is 0.440. The number of fused-ring (bicyclic) bond motifs is 1. The summed E-state index contributed by atoms with van der Waals surface area (Å²) < 4.78 is 35.4. The average molecular weight is 485 g/mol. The van der Waals surface area contributed by atoms with E-state index in [4.69, 9.17) is 4.74 Å². The van der Waals surface area contributed by atoms with Gasteiger partial charge in [0.05, 0.1) is 15.9 Å². The molecule has 9 heteroatoms. The van der Waals surface area contributed by atoms with Gasteiger partial charge in [-0.15, -0.1) is 0 Å². The Morgan fingerprint density at radius 1 is 1.18 bits per heavy atom. The summed E-state index contributed by atoms with van der Waals surface area (Å²) in [4.78, 5) is 17.9. The van der Waals surface area contributed by atoms with Crippen LogP contribution in [0.25, 0.3) is 11.0 Å². The molecule has 1 aliphatic heterocycles. The van der Waals surface area contributed by atoms with Crippen LogP contribution in [0.5, 0.6) is 0 Å². The largest absolute Gasteiger partial charge is 0.382 e. The minimum Gasteiger partial charge on any atom is -0.382 e. The first kappa shape index (κ1) is 24.4. The number of aryl methyl sites for hydroxylation is 1. The predicted octanol–water partition coefficient (Wildman–Crippen LogP) is 4.28. The molecular weight excluding hydrogens is 452 g/mol. The lowest BCUT2D eigenvalue weighted by molar-refractivity contribution is 0.102. The van der Waals surface area contributed by atoms with Gasteiger partial charge in [-0.2, -0.15) is 4.31 Å². The number of hydrogen-bond donors (Lipinski definition) is 1. The Hall–Kier alpha value is -2.75. The van der Waals surface area contributed by atoms with Crippen LogP contribution in [0.15, 0.2) is 53.4 Å². The SMILES string of the molecule is CCOCCCn1c(NC(=O)c2cccc(S(=O)(=O)N3CCCCC3C)c2)nc2ccccc21. The Kier molecular flexibility index (Phi) is 7.65. The first-order valence-corrected chi connectivity index (χ1v) is 13.3. The van der Waals surface area contributed by atoms with E-state index in [2.05, 4.69) is 10.3 Å². The number of nitrogens with zero attached hydrogens (tertiary/aromatic N) is 3. The molecule has 2 aromatic carbocycles. The van der Waals surface area contributed by atoms with Crippen LogP contribution in [0.3, 0.4) is 0 Å². The van der Waals surface area contributed by atoms with Gasteiger partial charge in [0, 0.05) is 37.9 Å². The van der Waals surface area contributed by atoms with Crippen LogP contribution >= 0.6 is 0 Å². The molecule has 182 valence electrons. The number of benzene rings is 2. The monoisotopic (exact) mass is 484 g/mol. The van der Waals surface area contributed by atoms with E-state index in [1.54, 1.807) is 22.5 Å². The number of anilines is 1. The molecule has 1 unspecified atom stereocenters. The van der Waals surface area contributed by atoms with Crippen molar-refractivity contribution >= 4 is 32.9 Å². The fourth-order valence-corrected chi connectivity index (χ4v) is 6.15. The van der Waals surface area contributed by atoms with Crippen LogP contribution < -0.4 is 5.32 Å². The number of imidazole rings is 1. The van der Waals surface area contributed by atoms with Crippen molar-refractivity contribution < 1.29 is 17.9 Å². The number of carbonyl (C=O) groups excluding carboxylic acids is 1. The van der Waals surface area contributed by atoms with Gasteiger partial charge in [0.1, 0.15) is 0 Å². The van der Waals surface area contributed by atoms with Crippen molar-refractivity contribution in [3.8, 4) is 0 Å². The zero-order chi connectivity index (χ0) is 24.1. The topological polar surface area (TPSA) is 93.5 Å². The van der Waals surface area contributed by atoms with Gasteiger partial charge in [0.25, 0.3) is 5.91 Å². The molecule has 34 heavy (non-hydrogen) atoms. The van der Waals surface area contributed by atoms with E-state index in [0.29, 0.717) is 32.3 Å². The molecule has 0 radical (unpaired) electrons. The number of ether oxygens (including phenoxy) is 1. The Morgan fingerprint density at radius 2 is 2.00 bits per heavy atom. The van der Waals surface area contributed by atoms with Gasteiger partial charge in [-0.3, -0.25) is 10.1 Å². The summed E-state index contributed by atoms with van der Waals surface area (Å²) in [7, 11) is -3.67. The molecular formula is C25H32N4O4S. The molecule has 1 amide bonds. The second kappa shape index (κ2) is 10.7. The number of para-hydroxylation sites is 2. The molecule has 3 aromatic rings. The molecule has 1 atom stereocenters. The number of carbonyl (C=O) groups is 1. The first-order chi connectivity index (χ1) is 16.4. The number of amides is 1. The molecule has 1 saturated heterocycles. The fourth-order valence-electron chi connectivity index (χ4n) is 4.40. The van der Waals surface area contributed by atoms with Crippen molar-refractivity contribution in [2.45, 2.75) is 57.0 Å². The summed E-state index contributed by atoms with van der Waals surface area (Å²) in [6.07, 6.45) is 3.50. The van der Waals surface area contributed by atoms with Gasteiger partial charge in [0.15, 0.2) is 0 Å². The highest BCUT2D eigenvalue weighted by atomic mass is 32.2. The molecule has 0 aliphatic carbocycles. The van der Waals surface area contributed by atoms with Gasteiger partial charge < -0.3 is 9.30 Å².